The van der Waals surface area contributed by atoms with E-state index in [2.05, 4.69) is 16.1 Å². The van der Waals surface area contributed by atoms with E-state index in [9.17, 15) is 19.5 Å². The Hall–Kier alpha value is -4.47. The van der Waals surface area contributed by atoms with Crippen LogP contribution in [0.15, 0.2) is 72.8 Å². The third-order valence-corrected chi connectivity index (χ3v) is 5.76. The number of amides is 2. The molecule has 1 aliphatic rings. The number of carbonyl (C=O) groups excluding carboxylic acids is 2. The predicted octanol–water partition coefficient (Wildman–Crippen LogP) is 3.93. The monoisotopic (exact) mass is 500 g/mol. The van der Waals surface area contributed by atoms with Crippen molar-refractivity contribution in [3.05, 3.63) is 95.1 Å². The molecule has 2 amide bonds. The molecule has 1 aliphatic heterocycles. The molecule has 0 spiro atoms. The highest BCUT2D eigenvalue weighted by Gasteiger charge is 2.29. The van der Waals surface area contributed by atoms with Gasteiger partial charge in [0.1, 0.15) is 0 Å². The molecule has 4 rings (SSSR count). The molecule has 0 aromatic heterocycles. The number of carboxylic acid groups (broad SMARTS) is 1. The number of carbonyl (C=O) groups is 3. The van der Waals surface area contributed by atoms with Crippen LogP contribution in [-0.4, -0.2) is 55.0 Å². The first kappa shape index (κ1) is 25.6. The molecule has 0 aliphatic carbocycles. The van der Waals surface area contributed by atoms with Crippen molar-refractivity contribution in [3.8, 4) is 0 Å². The summed E-state index contributed by atoms with van der Waals surface area (Å²) in [6.45, 7) is 1.27. The predicted molar refractivity (Wildman–Crippen MR) is 142 cm³/mol. The quantitative estimate of drug-likeness (QED) is 0.189. The lowest BCUT2D eigenvalue weighted by Crippen LogP contribution is -2.25. The van der Waals surface area contributed by atoms with Crippen LogP contribution in [0.4, 0.5) is 11.4 Å². The van der Waals surface area contributed by atoms with Crippen molar-refractivity contribution in [1.82, 2.24) is 10.4 Å². The molecule has 0 fully saturated rings. The van der Waals surface area contributed by atoms with Gasteiger partial charge < -0.3 is 20.6 Å². The third kappa shape index (κ3) is 6.21. The van der Waals surface area contributed by atoms with Crippen LogP contribution in [0.2, 0.25) is 0 Å². The maximum Gasteiger partial charge on any atom is 0.335 e. The van der Waals surface area contributed by atoms with Gasteiger partial charge in [0.25, 0.3) is 11.8 Å². The van der Waals surface area contributed by atoms with Crippen molar-refractivity contribution in [2.75, 3.05) is 37.9 Å². The molecular formula is C28H28N4O5. The van der Waals surface area contributed by atoms with Crippen LogP contribution in [0.3, 0.4) is 0 Å². The molecule has 37 heavy (non-hydrogen) atoms. The molecule has 0 unspecified atom stereocenters. The van der Waals surface area contributed by atoms with E-state index in [4.69, 9.17) is 4.84 Å². The van der Waals surface area contributed by atoms with Crippen molar-refractivity contribution < 1.29 is 24.3 Å². The zero-order valence-electron chi connectivity index (χ0n) is 20.6. The highest BCUT2D eigenvalue weighted by Crippen LogP contribution is 2.38. The number of nitrogens with one attached hydrogen (secondary N) is 3. The molecule has 0 saturated carbocycles. The maximum atomic E-state index is 13.0. The lowest BCUT2D eigenvalue weighted by molar-refractivity contribution is -0.110. The maximum absolute atomic E-state index is 13.0. The second kappa shape index (κ2) is 11.5. The van der Waals surface area contributed by atoms with E-state index in [1.807, 2.05) is 49.3 Å². The van der Waals surface area contributed by atoms with Crippen LogP contribution in [0.25, 0.3) is 11.3 Å². The number of fused-ring (bicyclic) bond motifs is 1. The van der Waals surface area contributed by atoms with Gasteiger partial charge in [0, 0.05) is 16.8 Å². The zero-order chi connectivity index (χ0) is 26.4. The Kier molecular flexibility index (Phi) is 7.97. The smallest absolute Gasteiger partial charge is 0.335 e. The molecule has 0 radical (unpaired) electrons. The number of carboxylic acids is 1. The number of hydroxylamine groups is 1. The van der Waals surface area contributed by atoms with E-state index < -0.39 is 5.97 Å². The van der Waals surface area contributed by atoms with Gasteiger partial charge in [0.05, 0.1) is 29.1 Å². The van der Waals surface area contributed by atoms with E-state index in [0.717, 1.165) is 18.5 Å². The summed E-state index contributed by atoms with van der Waals surface area (Å²) in [5.41, 5.74) is 6.40. The number of nitrogens with zero attached hydrogens (tertiary/aromatic N) is 1. The highest BCUT2D eigenvalue weighted by atomic mass is 16.6. The molecule has 9 heteroatoms. The number of benzene rings is 3. The summed E-state index contributed by atoms with van der Waals surface area (Å²) in [5, 5.41) is 15.4. The third-order valence-electron chi connectivity index (χ3n) is 5.76. The topological polar surface area (TPSA) is 120 Å². The van der Waals surface area contributed by atoms with Crippen LogP contribution >= 0.6 is 0 Å². The first-order valence-corrected chi connectivity index (χ1v) is 11.8. The van der Waals surface area contributed by atoms with Gasteiger partial charge in [-0.15, -0.1) is 0 Å². The van der Waals surface area contributed by atoms with Crippen molar-refractivity contribution in [1.29, 1.82) is 0 Å². The Morgan fingerprint density at radius 2 is 1.65 bits per heavy atom. The average molecular weight is 501 g/mol. The fourth-order valence-electron chi connectivity index (χ4n) is 3.92. The Morgan fingerprint density at radius 1 is 0.946 bits per heavy atom. The summed E-state index contributed by atoms with van der Waals surface area (Å²) >= 11 is 0. The summed E-state index contributed by atoms with van der Waals surface area (Å²) in [6, 6.07) is 20.7. The molecule has 0 saturated heterocycles. The molecular weight excluding hydrogens is 472 g/mol. The minimum absolute atomic E-state index is 0.0880. The Balaban J connectivity index is 1.57. The number of aromatic carboxylic acids is 1. The molecule has 3 aromatic carbocycles. The molecule has 190 valence electrons. The molecule has 9 nitrogen and oxygen atoms in total. The highest BCUT2D eigenvalue weighted by molar-refractivity contribution is 6.37. The lowest BCUT2D eigenvalue weighted by atomic mass is 9.99. The number of hydrogen-bond acceptors (Lipinski definition) is 6. The normalized spacial score (nSPS) is 13.6. The van der Waals surface area contributed by atoms with Gasteiger partial charge in [-0.3, -0.25) is 14.4 Å². The summed E-state index contributed by atoms with van der Waals surface area (Å²) in [5.74, 6) is -1.76. The Morgan fingerprint density at radius 3 is 2.32 bits per heavy atom. The zero-order valence-corrected chi connectivity index (χ0v) is 20.6. The van der Waals surface area contributed by atoms with E-state index in [0.29, 0.717) is 40.4 Å². The van der Waals surface area contributed by atoms with E-state index in [1.165, 1.54) is 12.1 Å². The fraction of sp³-hybridized carbons (Fsp3) is 0.179. The van der Waals surface area contributed by atoms with E-state index >= 15 is 0 Å². The molecule has 1 heterocycles. The van der Waals surface area contributed by atoms with Gasteiger partial charge >= 0.3 is 5.97 Å². The second-order valence-electron chi connectivity index (χ2n) is 8.77. The SMILES string of the molecule is CN(C)CCCONC(=O)c1ccc(N/C(=C2/C(=O)Nc3cc(C(=O)O)ccc32)c2ccccc2)cc1. The van der Waals surface area contributed by atoms with Crippen molar-refractivity contribution in [2.24, 2.45) is 0 Å². The van der Waals surface area contributed by atoms with Gasteiger partial charge in [-0.25, -0.2) is 10.3 Å². The first-order chi connectivity index (χ1) is 17.8. The van der Waals surface area contributed by atoms with Gasteiger partial charge in [0.2, 0.25) is 0 Å². The Labute approximate surface area is 214 Å². The molecule has 4 N–H and O–H groups in total. The Bertz CT molecular complexity index is 1330. The van der Waals surface area contributed by atoms with Gasteiger partial charge in [-0.2, -0.15) is 0 Å². The minimum Gasteiger partial charge on any atom is -0.478 e. The van der Waals surface area contributed by atoms with Crippen LogP contribution in [0.1, 0.15) is 38.3 Å². The van der Waals surface area contributed by atoms with Crippen molar-refractivity contribution >= 4 is 40.4 Å². The van der Waals surface area contributed by atoms with Crippen LogP contribution < -0.4 is 16.1 Å². The van der Waals surface area contributed by atoms with Gasteiger partial charge in [0.15, 0.2) is 0 Å². The first-order valence-electron chi connectivity index (χ1n) is 11.8. The standard InChI is InChI=1S/C28H28N4O5/c1-32(2)15-6-16-37-31-26(33)19-9-12-21(13-10-19)29-25(18-7-4-3-5-8-18)24-22-14-11-20(28(35)36)17-23(22)30-27(24)34/h3-5,7-14,17,29H,6,15-16H2,1-2H3,(H,30,34)(H,31,33)(H,35,36)/b25-24+. The molecule has 0 bridgehead atoms. The van der Waals surface area contributed by atoms with E-state index in [-0.39, 0.29) is 17.4 Å². The molecule has 0 atom stereocenters. The number of anilines is 2. The number of rotatable bonds is 10. The summed E-state index contributed by atoms with van der Waals surface area (Å²) in [4.78, 5) is 44.1. The molecule has 3 aromatic rings. The summed E-state index contributed by atoms with van der Waals surface area (Å²) in [6.07, 6.45) is 0.793. The van der Waals surface area contributed by atoms with Crippen molar-refractivity contribution in [2.45, 2.75) is 6.42 Å². The lowest BCUT2D eigenvalue weighted by Gasteiger charge is -2.15. The second-order valence-corrected chi connectivity index (χ2v) is 8.77. The minimum atomic E-state index is -1.07. The van der Waals surface area contributed by atoms with Crippen molar-refractivity contribution in [3.63, 3.8) is 0 Å². The van der Waals surface area contributed by atoms with Crippen LogP contribution in [-0.2, 0) is 9.63 Å². The largest absolute Gasteiger partial charge is 0.478 e. The number of hydrogen-bond donors (Lipinski definition) is 4. The summed E-state index contributed by atoms with van der Waals surface area (Å²) < 4.78 is 0. The fourth-order valence-corrected chi connectivity index (χ4v) is 3.92. The van der Waals surface area contributed by atoms with Crippen LogP contribution in [0.5, 0.6) is 0 Å². The average Bonchev–Trinajstić information content (AvgIpc) is 3.22. The van der Waals surface area contributed by atoms with Gasteiger partial charge in [-0.1, -0.05) is 36.4 Å². The van der Waals surface area contributed by atoms with Crippen LogP contribution in [0, 0.1) is 0 Å². The summed E-state index contributed by atoms with van der Waals surface area (Å²) in [7, 11) is 3.95. The van der Waals surface area contributed by atoms with E-state index in [1.54, 1.807) is 30.3 Å². The van der Waals surface area contributed by atoms with Gasteiger partial charge in [-0.05, 0) is 69.0 Å².